The van der Waals surface area contributed by atoms with E-state index in [0.29, 0.717) is 44.1 Å². The smallest absolute Gasteiger partial charge is 0.227 e. The van der Waals surface area contributed by atoms with E-state index >= 15 is 0 Å². The molecular formula is C19H27ClFN3O2. The first-order chi connectivity index (χ1) is 12.1. The van der Waals surface area contributed by atoms with Gasteiger partial charge in [0.15, 0.2) is 0 Å². The van der Waals surface area contributed by atoms with Crippen molar-refractivity contribution in [3.8, 4) is 0 Å². The molecule has 0 saturated carbocycles. The molecule has 26 heavy (non-hydrogen) atoms. The SMILES string of the molecule is Cl.O=C(CCC1CCNC1)N1CCN(C(=O)Cc2ccccc2F)CC1. The summed E-state index contributed by atoms with van der Waals surface area (Å²) in [5, 5.41) is 3.32. The molecule has 0 radical (unpaired) electrons. The number of hydrogen-bond acceptors (Lipinski definition) is 3. The standard InChI is InChI=1S/C19H26FN3O2.ClH/c20-17-4-2-1-3-16(17)13-19(25)23-11-9-22(10-12-23)18(24)6-5-15-7-8-21-14-15;/h1-4,15,21H,5-14H2;1H. The van der Waals surface area contributed by atoms with E-state index in [2.05, 4.69) is 5.32 Å². The summed E-state index contributed by atoms with van der Waals surface area (Å²) in [7, 11) is 0. The van der Waals surface area contributed by atoms with Gasteiger partial charge >= 0.3 is 0 Å². The van der Waals surface area contributed by atoms with Gasteiger partial charge in [-0.1, -0.05) is 18.2 Å². The first kappa shape index (κ1) is 20.6. The second-order valence-electron chi connectivity index (χ2n) is 6.93. The van der Waals surface area contributed by atoms with Crippen LogP contribution in [0.4, 0.5) is 4.39 Å². The van der Waals surface area contributed by atoms with E-state index in [9.17, 15) is 14.0 Å². The van der Waals surface area contributed by atoms with E-state index in [1.54, 1.807) is 23.1 Å². The van der Waals surface area contributed by atoms with Crippen LogP contribution in [0.15, 0.2) is 24.3 Å². The molecule has 1 unspecified atom stereocenters. The van der Waals surface area contributed by atoms with Crippen molar-refractivity contribution in [3.05, 3.63) is 35.6 Å². The van der Waals surface area contributed by atoms with Crippen molar-refractivity contribution < 1.29 is 14.0 Å². The molecule has 3 rings (SSSR count). The maximum atomic E-state index is 13.7. The molecule has 2 aliphatic rings. The molecule has 2 fully saturated rings. The Bertz CT molecular complexity index is 615. The zero-order valence-electron chi connectivity index (χ0n) is 15.0. The number of nitrogens with one attached hydrogen (secondary N) is 1. The molecule has 1 N–H and O–H groups in total. The van der Waals surface area contributed by atoms with Crippen molar-refractivity contribution in [2.24, 2.45) is 5.92 Å². The van der Waals surface area contributed by atoms with Crippen LogP contribution in [0.2, 0.25) is 0 Å². The minimum absolute atomic E-state index is 0. The molecule has 1 atom stereocenters. The Kier molecular flexibility index (Phi) is 7.85. The fourth-order valence-corrected chi connectivity index (χ4v) is 3.57. The summed E-state index contributed by atoms with van der Waals surface area (Å²) in [5.74, 6) is 0.390. The van der Waals surface area contributed by atoms with Crippen LogP contribution in [-0.4, -0.2) is 60.9 Å². The van der Waals surface area contributed by atoms with Gasteiger partial charge in [-0.25, -0.2) is 4.39 Å². The summed E-state index contributed by atoms with van der Waals surface area (Å²) in [4.78, 5) is 28.3. The monoisotopic (exact) mass is 383 g/mol. The molecular weight excluding hydrogens is 357 g/mol. The Hall–Kier alpha value is -1.66. The molecule has 2 saturated heterocycles. The molecule has 0 aromatic heterocycles. The van der Waals surface area contributed by atoms with Gasteiger partial charge in [0.25, 0.3) is 0 Å². The van der Waals surface area contributed by atoms with Crippen LogP contribution < -0.4 is 5.32 Å². The normalized spacial score (nSPS) is 20.0. The van der Waals surface area contributed by atoms with Gasteiger partial charge in [0.05, 0.1) is 6.42 Å². The molecule has 2 amide bonds. The maximum Gasteiger partial charge on any atom is 0.227 e. The van der Waals surface area contributed by atoms with Crippen LogP contribution in [0, 0.1) is 11.7 Å². The number of nitrogens with zero attached hydrogens (tertiary/aromatic N) is 2. The molecule has 1 aromatic rings. The number of piperazine rings is 1. The maximum absolute atomic E-state index is 13.7. The van der Waals surface area contributed by atoms with E-state index in [1.165, 1.54) is 6.07 Å². The van der Waals surface area contributed by atoms with Crippen LogP contribution in [0.1, 0.15) is 24.8 Å². The lowest BCUT2D eigenvalue weighted by Crippen LogP contribution is -2.51. The van der Waals surface area contributed by atoms with E-state index in [4.69, 9.17) is 0 Å². The molecule has 7 heteroatoms. The Labute approximate surface area is 160 Å². The topological polar surface area (TPSA) is 52.7 Å². The summed E-state index contributed by atoms with van der Waals surface area (Å²) in [6.45, 7) is 4.29. The molecule has 5 nitrogen and oxygen atoms in total. The van der Waals surface area contributed by atoms with Gasteiger partial charge in [0.2, 0.25) is 11.8 Å². The lowest BCUT2D eigenvalue weighted by atomic mass is 10.0. The van der Waals surface area contributed by atoms with Gasteiger partial charge < -0.3 is 15.1 Å². The fourth-order valence-electron chi connectivity index (χ4n) is 3.57. The minimum atomic E-state index is -0.342. The van der Waals surface area contributed by atoms with Crippen molar-refractivity contribution in [1.82, 2.24) is 15.1 Å². The van der Waals surface area contributed by atoms with Crippen molar-refractivity contribution in [1.29, 1.82) is 0 Å². The van der Waals surface area contributed by atoms with Crippen LogP contribution >= 0.6 is 12.4 Å². The Morgan fingerprint density at radius 1 is 1.08 bits per heavy atom. The summed E-state index contributed by atoms with van der Waals surface area (Å²) in [5.41, 5.74) is 0.427. The van der Waals surface area contributed by atoms with Crippen molar-refractivity contribution in [2.75, 3.05) is 39.3 Å². The highest BCUT2D eigenvalue weighted by atomic mass is 35.5. The number of amides is 2. The summed E-state index contributed by atoms with van der Waals surface area (Å²) < 4.78 is 13.7. The Morgan fingerprint density at radius 3 is 2.35 bits per heavy atom. The number of carbonyl (C=O) groups is 2. The largest absolute Gasteiger partial charge is 0.339 e. The second kappa shape index (κ2) is 9.88. The molecule has 0 spiro atoms. The van der Waals surface area contributed by atoms with Gasteiger partial charge in [0, 0.05) is 32.6 Å². The van der Waals surface area contributed by atoms with Crippen LogP contribution in [-0.2, 0) is 16.0 Å². The first-order valence-corrected chi connectivity index (χ1v) is 9.13. The molecule has 2 heterocycles. The minimum Gasteiger partial charge on any atom is -0.339 e. The van der Waals surface area contributed by atoms with Gasteiger partial charge in [-0.3, -0.25) is 9.59 Å². The Morgan fingerprint density at radius 2 is 1.73 bits per heavy atom. The lowest BCUT2D eigenvalue weighted by Gasteiger charge is -2.35. The molecule has 144 valence electrons. The fraction of sp³-hybridized carbons (Fsp3) is 0.579. The van der Waals surface area contributed by atoms with E-state index in [1.807, 2.05) is 4.90 Å². The second-order valence-corrected chi connectivity index (χ2v) is 6.93. The Balaban J connectivity index is 0.00000243. The van der Waals surface area contributed by atoms with Crippen molar-refractivity contribution in [3.63, 3.8) is 0 Å². The summed E-state index contributed by atoms with van der Waals surface area (Å²) >= 11 is 0. The van der Waals surface area contributed by atoms with Crippen molar-refractivity contribution in [2.45, 2.75) is 25.7 Å². The highest BCUT2D eigenvalue weighted by Gasteiger charge is 2.25. The van der Waals surface area contributed by atoms with E-state index < -0.39 is 0 Å². The van der Waals surface area contributed by atoms with Crippen LogP contribution in [0.3, 0.4) is 0 Å². The zero-order chi connectivity index (χ0) is 17.6. The number of carbonyl (C=O) groups excluding carboxylic acids is 2. The highest BCUT2D eigenvalue weighted by molar-refractivity contribution is 5.85. The van der Waals surface area contributed by atoms with E-state index in [-0.39, 0.29) is 36.5 Å². The number of halogens is 2. The van der Waals surface area contributed by atoms with Crippen molar-refractivity contribution >= 4 is 24.2 Å². The van der Waals surface area contributed by atoms with Gasteiger partial charge in [-0.05, 0) is 43.5 Å². The van der Waals surface area contributed by atoms with Gasteiger partial charge in [-0.2, -0.15) is 0 Å². The van der Waals surface area contributed by atoms with E-state index in [0.717, 1.165) is 25.9 Å². The predicted molar refractivity (Wildman–Crippen MR) is 101 cm³/mol. The molecule has 1 aromatic carbocycles. The number of benzene rings is 1. The summed E-state index contributed by atoms with van der Waals surface area (Å²) in [6, 6.07) is 6.38. The average molecular weight is 384 g/mol. The quantitative estimate of drug-likeness (QED) is 0.844. The third kappa shape index (κ3) is 5.42. The first-order valence-electron chi connectivity index (χ1n) is 9.13. The number of rotatable bonds is 5. The zero-order valence-corrected chi connectivity index (χ0v) is 15.8. The average Bonchev–Trinajstić information content (AvgIpc) is 3.15. The molecule has 2 aliphatic heterocycles. The molecule has 0 aliphatic carbocycles. The third-order valence-electron chi connectivity index (χ3n) is 5.21. The highest BCUT2D eigenvalue weighted by Crippen LogP contribution is 2.16. The van der Waals surface area contributed by atoms with Gasteiger partial charge in [0.1, 0.15) is 5.82 Å². The third-order valence-corrected chi connectivity index (χ3v) is 5.21. The number of hydrogen-bond donors (Lipinski definition) is 1. The lowest BCUT2D eigenvalue weighted by molar-refractivity contribution is -0.139. The molecule has 0 bridgehead atoms. The predicted octanol–water partition coefficient (Wildman–Crippen LogP) is 1.85. The van der Waals surface area contributed by atoms with Gasteiger partial charge in [-0.15, -0.1) is 12.4 Å². The van der Waals surface area contributed by atoms with Crippen LogP contribution in [0.5, 0.6) is 0 Å². The summed E-state index contributed by atoms with van der Waals surface area (Å²) in [6.07, 6.45) is 2.77. The van der Waals surface area contributed by atoms with Crippen LogP contribution in [0.25, 0.3) is 0 Å².